The van der Waals surface area contributed by atoms with Crippen molar-refractivity contribution in [1.29, 1.82) is 0 Å². The predicted molar refractivity (Wildman–Crippen MR) is 111 cm³/mol. The molecule has 3 fully saturated rings. The predicted octanol–water partition coefficient (Wildman–Crippen LogP) is 1.49. The Bertz CT molecular complexity index is 362. The molecule has 0 N–H and O–H groups in total. The molecule has 7 nitrogen and oxygen atoms in total. The lowest BCUT2D eigenvalue weighted by Gasteiger charge is -2.54. The van der Waals surface area contributed by atoms with Crippen LogP contribution in [0.25, 0.3) is 0 Å². The zero-order valence-electron chi connectivity index (χ0n) is 18.4. The van der Waals surface area contributed by atoms with Crippen molar-refractivity contribution in [3.05, 3.63) is 0 Å². The van der Waals surface area contributed by atoms with Crippen molar-refractivity contribution in [2.24, 2.45) is 0 Å². The third-order valence-electron chi connectivity index (χ3n) is 6.53. The van der Waals surface area contributed by atoms with Crippen LogP contribution in [-0.2, 0) is 14.2 Å². The number of hydrogen-bond donors (Lipinski definition) is 0. The summed E-state index contributed by atoms with van der Waals surface area (Å²) < 4.78 is 17.0. The molecule has 0 saturated carbocycles. The Morgan fingerprint density at radius 3 is 1.00 bits per heavy atom. The Kier molecular flexibility index (Phi) is 9.43. The SMILES string of the molecule is CCC(N1CCOCC1)N(C(CC)N1CCOCC1)C(CC)N1CCOCC1. The van der Waals surface area contributed by atoms with E-state index in [1.165, 1.54) is 0 Å². The third kappa shape index (κ3) is 5.45. The van der Waals surface area contributed by atoms with E-state index in [1.807, 2.05) is 0 Å². The van der Waals surface area contributed by atoms with E-state index < -0.39 is 0 Å². The molecule has 0 radical (unpaired) electrons. The first-order valence-corrected chi connectivity index (χ1v) is 11.5. The quantitative estimate of drug-likeness (QED) is 0.583. The van der Waals surface area contributed by atoms with E-state index in [1.54, 1.807) is 0 Å². The van der Waals surface area contributed by atoms with Crippen LogP contribution in [0.3, 0.4) is 0 Å². The summed E-state index contributed by atoms with van der Waals surface area (Å²) in [6.07, 6.45) is 4.77. The molecule has 3 heterocycles. The van der Waals surface area contributed by atoms with Gasteiger partial charge in [0.1, 0.15) is 0 Å². The first-order chi connectivity index (χ1) is 13.8. The zero-order chi connectivity index (χ0) is 19.8. The fourth-order valence-corrected chi connectivity index (χ4v) is 5.20. The molecule has 0 amide bonds. The molecule has 3 aliphatic rings. The monoisotopic (exact) mass is 398 g/mol. The minimum absolute atomic E-state index is 0.449. The van der Waals surface area contributed by atoms with Crippen LogP contribution in [0.2, 0.25) is 0 Å². The molecule has 3 rings (SSSR count). The van der Waals surface area contributed by atoms with Gasteiger partial charge in [0.25, 0.3) is 0 Å². The van der Waals surface area contributed by atoms with Gasteiger partial charge in [-0.05, 0) is 19.3 Å². The highest BCUT2D eigenvalue weighted by Gasteiger charge is 2.39. The molecule has 28 heavy (non-hydrogen) atoms. The summed E-state index contributed by atoms with van der Waals surface area (Å²) in [6.45, 7) is 18.4. The van der Waals surface area contributed by atoms with Gasteiger partial charge in [-0.3, -0.25) is 19.6 Å². The first kappa shape index (κ1) is 22.4. The molecule has 0 aliphatic carbocycles. The van der Waals surface area contributed by atoms with Gasteiger partial charge >= 0.3 is 0 Å². The van der Waals surface area contributed by atoms with Crippen LogP contribution in [0.1, 0.15) is 40.0 Å². The number of hydrogen-bond acceptors (Lipinski definition) is 7. The van der Waals surface area contributed by atoms with Crippen molar-refractivity contribution < 1.29 is 14.2 Å². The van der Waals surface area contributed by atoms with Crippen LogP contribution in [0, 0.1) is 0 Å². The van der Waals surface area contributed by atoms with Gasteiger partial charge in [-0.2, -0.15) is 0 Å². The minimum Gasteiger partial charge on any atom is -0.379 e. The average molecular weight is 399 g/mol. The molecule has 0 aromatic rings. The van der Waals surface area contributed by atoms with Gasteiger partial charge in [-0.1, -0.05) is 20.8 Å². The highest BCUT2D eigenvalue weighted by molar-refractivity contribution is 4.87. The lowest BCUT2D eigenvalue weighted by molar-refractivity contribution is -0.154. The molecule has 3 atom stereocenters. The highest BCUT2D eigenvalue weighted by atomic mass is 16.5. The molecule has 0 bridgehead atoms. The van der Waals surface area contributed by atoms with Crippen LogP contribution in [0.4, 0.5) is 0 Å². The second-order valence-corrected chi connectivity index (χ2v) is 8.06. The molecule has 3 aliphatic heterocycles. The largest absolute Gasteiger partial charge is 0.379 e. The Hall–Kier alpha value is -0.280. The van der Waals surface area contributed by atoms with E-state index in [9.17, 15) is 0 Å². The molecule has 0 spiro atoms. The second-order valence-electron chi connectivity index (χ2n) is 8.06. The van der Waals surface area contributed by atoms with Gasteiger partial charge in [0.15, 0.2) is 0 Å². The topological polar surface area (TPSA) is 40.7 Å². The van der Waals surface area contributed by atoms with Gasteiger partial charge in [0.05, 0.1) is 58.1 Å². The maximum atomic E-state index is 5.67. The standard InChI is InChI=1S/C21H42N4O3/c1-4-19(22-7-13-26-14-8-22)25(20(5-2)23-9-15-27-16-10-23)21(6-3)24-11-17-28-18-12-24/h19-21H,4-18H2,1-3H3. The van der Waals surface area contributed by atoms with Crippen LogP contribution in [0.15, 0.2) is 0 Å². The Morgan fingerprint density at radius 1 is 0.536 bits per heavy atom. The number of ether oxygens (including phenoxy) is 3. The van der Waals surface area contributed by atoms with Crippen molar-refractivity contribution >= 4 is 0 Å². The van der Waals surface area contributed by atoms with E-state index in [4.69, 9.17) is 14.2 Å². The van der Waals surface area contributed by atoms with E-state index in [0.717, 1.165) is 98.2 Å². The van der Waals surface area contributed by atoms with Crippen LogP contribution in [-0.4, -0.2) is 117 Å². The summed E-state index contributed by atoms with van der Waals surface area (Å²) in [4.78, 5) is 10.8. The van der Waals surface area contributed by atoms with Crippen molar-refractivity contribution in [3.8, 4) is 0 Å². The molecule has 0 aromatic carbocycles. The number of nitrogens with zero attached hydrogens (tertiary/aromatic N) is 4. The lowest BCUT2D eigenvalue weighted by Crippen LogP contribution is -2.67. The van der Waals surface area contributed by atoms with E-state index in [2.05, 4.69) is 40.4 Å². The molecule has 3 saturated heterocycles. The van der Waals surface area contributed by atoms with E-state index >= 15 is 0 Å². The Morgan fingerprint density at radius 2 is 0.786 bits per heavy atom. The van der Waals surface area contributed by atoms with Gasteiger partial charge in [-0.25, -0.2) is 0 Å². The van der Waals surface area contributed by atoms with Crippen molar-refractivity contribution in [3.63, 3.8) is 0 Å². The normalized spacial score (nSPS) is 27.0. The van der Waals surface area contributed by atoms with E-state index in [-0.39, 0.29) is 0 Å². The number of morpholine rings is 3. The summed E-state index contributed by atoms with van der Waals surface area (Å²) in [7, 11) is 0. The summed E-state index contributed by atoms with van der Waals surface area (Å²) in [5.41, 5.74) is 0. The summed E-state index contributed by atoms with van der Waals surface area (Å²) in [6, 6.07) is 0. The van der Waals surface area contributed by atoms with Crippen molar-refractivity contribution in [1.82, 2.24) is 19.6 Å². The molecule has 0 aromatic heterocycles. The van der Waals surface area contributed by atoms with E-state index in [0.29, 0.717) is 18.5 Å². The maximum Gasteiger partial charge on any atom is 0.0649 e. The lowest BCUT2D eigenvalue weighted by atomic mass is 10.1. The summed E-state index contributed by atoms with van der Waals surface area (Å²) in [5, 5.41) is 0. The van der Waals surface area contributed by atoms with Crippen LogP contribution < -0.4 is 0 Å². The van der Waals surface area contributed by atoms with Crippen LogP contribution in [0.5, 0.6) is 0 Å². The Balaban J connectivity index is 1.87. The minimum atomic E-state index is 0.449. The third-order valence-corrected chi connectivity index (χ3v) is 6.53. The summed E-state index contributed by atoms with van der Waals surface area (Å²) >= 11 is 0. The molecular formula is C21H42N4O3. The van der Waals surface area contributed by atoms with Gasteiger partial charge < -0.3 is 14.2 Å². The van der Waals surface area contributed by atoms with Crippen molar-refractivity contribution in [2.75, 3.05) is 78.9 Å². The first-order valence-electron chi connectivity index (χ1n) is 11.5. The molecular weight excluding hydrogens is 356 g/mol. The second kappa shape index (κ2) is 11.8. The maximum absolute atomic E-state index is 5.67. The van der Waals surface area contributed by atoms with Crippen molar-refractivity contribution in [2.45, 2.75) is 58.5 Å². The van der Waals surface area contributed by atoms with Gasteiger partial charge in [0, 0.05) is 39.3 Å². The fraction of sp³-hybridized carbons (Fsp3) is 1.00. The fourth-order valence-electron chi connectivity index (χ4n) is 5.20. The van der Waals surface area contributed by atoms with Gasteiger partial charge in [-0.15, -0.1) is 0 Å². The zero-order valence-corrected chi connectivity index (χ0v) is 18.4. The Labute approximate surface area is 171 Å². The van der Waals surface area contributed by atoms with Crippen LogP contribution >= 0.6 is 0 Å². The molecule has 7 heteroatoms. The highest BCUT2D eigenvalue weighted by Crippen LogP contribution is 2.27. The average Bonchev–Trinajstić information content (AvgIpc) is 2.77. The smallest absolute Gasteiger partial charge is 0.0649 e. The molecule has 3 unspecified atom stereocenters. The van der Waals surface area contributed by atoms with Gasteiger partial charge in [0.2, 0.25) is 0 Å². The number of rotatable bonds is 9. The summed E-state index contributed by atoms with van der Waals surface area (Å²) in [5.74, 6) is 0. The molecule has 164 valence electrons.